The second kappa shape index (κ2) is 4.45. The van der Waals surface area contributed by atoms with Crippen molar-refractivity contribution >= 4 is 16.8 Å². The Morgan fingerprint density at radius 3 is 3.06 bits per heavy atom. The number of carbonyl (C=O) groups excluding carboxylic acids is 1. The molecule has 0 fully saturated rings. The van der Waals surface area contributed by atoms with Crippen LogP contribution in [0.2, 0.25) is 0 Å². The highest BCUT2D eigenvalue weighted by Gasteiger charge is 2.08. The van der Waals surface area contributed by atoms with Crippen LogP contribution in [0, 0.1) is 12.3 Å². The molecule has 1 amide bonds. The lowest BCUT2D eigenvalue weighted by molar-refractivity contribution is 0.0960. The summed E-state index contributed by atoms with van der Waals surface area (Å²) in [6.07, 6.45) is 6.79. The summed E-state index contributed by atoms with van der Waals surface area (Å²) in [6.45, 7) is 0.232. The van der Waals surface area contributed by atoms with Crippen molar-refractivity contribution in [1.82, 2.24) is 10.3 Å². The summed E-state index contributed by atoms with van der Waals surface area (Å²) in [5, 5.41) is 3.47. The van der Waals surface area contributed by atoms with Crippen LogP contribution in [-0.2, 0) is 0 Å². The number of terminal acetylenes is 1. The lowest BCUT2D eigenvalue weighted by Gasteiger charge is -2.04. The van der Waals surface area contributed by atoms with Crippen LogP contribution in [0.15, 0.2) is 36.5 Å². The monoisotopic (exact) mass is 210 g/mol. The van der Waals surface area contributed by atoms with Crippen LogP contribution in [0.4, 0.5) is 0 Å². The summed E-state index contributed by atoms with van der Waals surface area (Å²) in [4.78, 5) is 16.0. The summed E-state index contributed by atoms with van der Waals surface area (Å²) < 4.78 is 0. The van der Waals surface area contributed by atoms with Gasteiger partial charge >= 0.3 is 0 Å². The first-order chi connectivity index (χ1) is 7.83. The molecule has 2 aromatic rings. The van der Waals surface area contributed by atoms with E-state index in [1.54, 1.807) is 24.4 Å². The van der Waals surface area contributed by atoms with Gasteiger partial charge in [-0.3, -0.25) is 9.78 Å². The second-order valence-corrected chi connectivity index (χ2v) is 3.26. The van der Waals surface area contributed by atoms with E-state index in [0.717, 1.165) is 10.9 Å². The zero-order valence-corrected chi connectivity index (χ0v) is 8.60. The molecular formula is C13H10N2O. The minimum absolute atomic E-state index is 0.170. The van der Waals surface area contributed by atoms with Gasteiger partial charge in [-0.05, 0) is 18.2 Å². The number of fused-ring (bicyclic) bond motifs is 1. The molecule has 0 spiro atoms. The fraction of sp³-hybridized carbons (Fsp3) is 0.0769. The molecule has 0 atom stereocenters. The van der Waals surface area contributed by atoms with Crippen LogP contribution in [0.25, 0.3) is 10.9 Å². The van der Waals surface area contributed by atoms with Crippen molar-refractivity contribution in [3.63, 3.8) is 0 Å². The lowest BCUT2D eigenvalue weighted by Crippen LogP contribution is -2.23. The molecular weight excluding hydrogens is 200 g/mol. The van der Waals surface area contributed by atoms with Crippen molar-refractivity contribution in [2.24, 2.45) is 0 Å². The zero-order chi connectivity index (χ0) is 11.4. The molecule has 1 aromatic heterocycles. The number of benzene rings is 1. The maximum Gasteiger partial charge on any atom is 0.252 e. The molecule has 0 unspecified atom stereocenters. The first kappa shape index (κ1) is 10.2. The largest absolute Gasteiger partial charge is 0.341 e. The minimum atomic E-state index is -0.170. The van der Waals surface area contributed by atoms with Gasteiger partial charge in [0.1, 0.15) is 0 Å². The molecule has 78 valence electrons. The van der Waals surface area contributed by atoms with E-state index in [9.17, 15) is 4.79 Å². The number of aromatic nitrogens is 1. The van der Waals surface area contributed by atoms with Gasteiger partial charge < -0.3 is 5.32 Å². The smallest absolute Gasteiger partial charge is 0.252 e. The fourth-order valence-electron chi connectivity index (χ4n) is 1.53. The number of nitrogens with zero attached hydrogens (tertiary/aromatic N) is 1. The van der Waals surface area contributed by atoms with E-state index >= 15 is 0 Å². The summed E-state index contributed by atoms with van der Waals surface area (Å²) in [5.74, 6) is 2.20. The van der Waals surface area contributed by atoms with E-state index in [0.29, 0.717) is 5.56 Å². The molecule has 0 bridgehead atoms. The average molecular weight is 210 g/mol. The standard InChI is InChI=1S/C13H10N2O/c1-2-8-15-13(16)11-5-3-7-12-10(11)6-4-9-14-12/h1,3-7,9H,8H2,(H,15,16). The van der Waals surface area contributed by atoms with Gasteiger partial charge in [-0.2, -0.15) is 0 Å². The third-order valence-electron chi connectivity index (χ3n) is 2.24. The number of amides is 1. The van der Waals surface area contributed by atoms with Crippen molar-refractivity contribution in [2.75, 3.05) is 6.54 Å². The number of rotatable bonds is 2. The van der Waals surface area contributed by atoms with Gasteiger partial charge in [-0.25, -0.2) is 0 Å². The van der Waals surface area contributed by atoms with Crippen molar-refractivity contribution in [3.05, 3.63) is 42.1 Å². The maximum absolute atomic E-state index is 11.8. The van der Waals surface area contributed by atoms with Crippen LogP contribution < -0.4 is 5.32 Å². The molecule has 0 aliphatic rings. The zero-order valence-electron chi connectivity index (χ0n) is 8.60. The minimum Gasteiger partial charge on any atom is -0.341 e. The third kappa shape index (κ3) is 1.86. The third-order valence-corrected chi connectivity index (χ3v) is 2.24. The first-order valence-corrected chi connectivity index (χ1v) is 4.88. The Hall–Kier alpha value is -2.34. The van der Waals surface area contributed by atoms with E-state index in [-0.39, 0.29) is 12.5 Å². The predicted molar refractivity (Wildman–Crippen MR) is 62.9 cm³/mol. The molecule has 0 saturated carbocycles. The van der Waals surface area contributed by atoms with Gasteiger partial charge in [0.15, 0.2) is 0 Å². The molecule has 16 heavy (non-hydrogen) atoms. The molecule has 1 heterocycles. The second-order valence-electron chi connectivity index (χ2n) is 3.26. The van der Waals surface area contributed by atoms with Crippen LogP contribution >= 0.6 is 0 Å². The van der Waals surface area contributed by atoms with E-state index in [4.69, 9.17) is 6.42 Å². The predicted octanol–water partition coefficient (Wildman–Crippen LogP) is 1.60. The van der Waals surface area contributed by atoms with Gasteiger partial charge in [0.25, 0.3) is 5.91 Å². The Bertz CT molecular complexity index is 564. The average Bonchev–Trinajstić information content (AvgIpc) is 2.35. The van der Waals surface area contributed by atoms with Gasteiger partial charge in [0.2, 0.25) is 0 Å². The summed E-state index contributed by atoms with van der Waals surface area (Å²) in [7, 11) is 0. The molecule has 3 heteroatoms. The van der Waals surface area contributed by atoms with Gasteiger partial charge in [-0.15, -0.1) is 6.42 Å². The van der Waals surface area contributed by atoms with Crippen molar-refractivity contribution in [2.45, 2.75) is 0 Å². The lowest BCUT2D eigenvalue weighted by atomic mass is 10.1. The number of hydrogen-bond donors (Lipinski definition) is 1. The quantitative estimate of drug-likeness (QED) is 0.765. The molecule has 3 nitrogen and oxygen atoms in total. The molecule has 1 N–H and O–H groups in total. The van der Waals surface area contributed by atoms with Crippen molar-refractivity contribution in [1.29, 1.82) is 0 Å². The Morgan fingerprint density at radius 1 is 1.38 bits per heavy atom. The van der Waals surface area contributed by atoms with Crippen molar-refractivity contribution < 1.29 is 4.79 Å². The van der Waals surface area contributed by atoms with E-state index in [1.165, 1.54) is 0 Å². The van der Waals surface area contributed by atoms with Crippen LogP contribution in [0.5, 0.6) is 0 Å². The van der Waals surface area contributed by atoms with Gasteiger partial charge in [-0.1, -0.05) is 18.1 Å². The SMILES string of the molecule is C#CCNC(=O)c1cccc2ncccc12. The number of hydrogen-bond acceptors (Lipinski definition) is 2. The van der Waals surface area contributed by atoms with Crippen LogP contribution in [-0.4, -0.2) is 17.4 Å². The molecule has 0 aliphatic heterocycles. The highest BCUT2D eigenvalue weighted by molar-refractivity contribution is 6.06. The normalized spacial score (nSPS) is 9.69. The van der Waals surface area contributed by atoms with E-state index < -0.39 is 0 Å². The molecule has 2 rings (SSSR count). The van der Waals surface area contributed by atoms with Gasteiger partial charge in [0, 0.05) is 17.1 Å². The summed E-state index contributed by atoms with van der Waals surface area (Å²) in [5.41, 5.74) is 1.40. The molecule has 1 aromatic carbocycles. The Morgan fingerprint density at radius 2 is 2.25 bits per heavy atom. The van der Waals surface area contributed by atoms with Crippen LogP contribution in [0.1, 0.15) is 10.4 Å². The highest BCUT2D eigenvalue weighted by Crippen LogP contribution is 2.15. The van der Waals surface area contributed by atoms with Crippen LogP contribution in [0.3, 0.4) is 0 Å². The summed E-state index contributed by atoms with van der Waals surface area (Å²) in [6, 6.07) is 9.11. The van der Waals surface area contributed by atoms with Crippen molar-refractivity contribution in [3.8, 4) is 12.3 Å². The Kier molecular flexibility index (Phi) is 2.84. The van der Waals surface area contributed by atoms with E-state index in [1.807, 2.05) is 12.1 Å². The summed E-state index contributed by atoms with van der Waals surface area (Å²) >= 11 is 0. The molecule has 0 saturated heterocycles. The number of pyridine rings is 1. The molecule has 0 aliphatic carbocycles. The van der Waals surface area contributed by atoms with Gasteiger partial charge in [0.05, 0.1) is 12.1 Å². The van der Waals surface area contributed by atoms with E-state index in [2.05, 4.69) is 16.2 Å². The number of carbonyl (C=O) groups is 1. The molecule has 0 radical (unpaired) electrons. The number of nitrogens with one attached hydrogen (secondary N) is 1. The fourth-order valence-corrected chi connectivity index (χ4v) is 1.53. The topological polar surface area (TPSA) is 42.0 Å². The Balaban J connectivity index is 2.45. The maximum atomic E-state index is 11.8. The first-order valence-electron chi connectivity index (χ1n) is 4.88. The Labute approximate surface area is 93.5 Å². The highest BCUT2D eigenvalue weighted by atomic mass is 16.1.